The van der Waals surface area contributed by atoms with E-state index in [1.54, 1.807) is 23.5 Å². The Kier molecular flexibility index (Phi) is 5.06. The SMILES string of the molecule is CCCNC(c1ccccc1C(F)(F)F)c1ccsc1C. The molecule has 0 amide bonds. The second-order valence-electron chi connectivity index (χ2n) is 4.90. The third-order valence-electron chi connectivity index (χ3n) is 3.39. The van der Waals surface area contributed by atoms with Crippen LogP contribution in [0.15, 0.2) is 35.7 Å². The van der Waals surface area contributed by atoms with Crippen LogP contribution in [-0.2, 0) is 6.18 Å². The molecule has 0 fully saturated rings. The second-order valence-corrected chi connectivity index (χ2v) is 6.02. The standard InChI is InChI=1S/C16H18F3NS/c1-3-9-20-15(12-8-10-21-11(12)2)13-6-4-5-7-14(13)16(17,18)19/h4-8,10,15,20H,3,9H2,1-2H3. The van der Waals surface area contributed by atoms with E-state index in [4.69, 9.17) is 0 Å². The maximum atomic E-state index is 13.2. The molecule has 2 aromatic rings. The highest BCUT2D eigenvalue weighted by molar-refractivity contribution is 7.10. The molecule has 0 aliphatic heterocycles. The minimum atomic E-state index is -4.34. The van der Waals surface area contributed by atoms with Crippen LogP contribution >= 0.6 is 11.3 Å². The lowest BCUT2D eigenvalue weighted by Crippen LogP contribution is -2.26. The summed E-state index contributed by atoms with van der Waals surface area (Å²) in [4.78, 5) is 1.04. The van der Waals surface area contributed by atoms with Gasteiger partial charge in [0, 0.05) is 4.88 Å². The van der Waals surface area contributed by atoms with Crippen LogP contribution in [0.4, 0.5) is 13.2 Å². The maximum Gasteiger partial charge on any atom is 0.416 e. The van der Waals surface area contributed by atoms with Crippen LogP contribution in [0.1, 0.15) is 41.0 Å². The molecule has 1 unspecified atom stereocenters. The molecule has 114 valence electrons. The molecule has 0 saturated heterocycles. The van der Waals surface area contributed by atoms with Crippen LogP contribution in [0.5, 0.6) is 0 Å². The van der Waals surface area contributed by atoms with Crippen molar-refractivity contribution < 1.29 is 13.2 Å². The number of halogens is 3. The predicted octanol–water partition coefficient (Wildman–Crippen LogP) is 5.16. The zero-order valence-corrected chi connectivity index (χ0v) is 12.8. The molecule has 5 heteroatoms. The first-order chi connectivity index (χ1) is 9.95. The fraction of sp³-hybridized carbons (Fsp3) is 0.375. The van der Waals surface area contributed by atoms with Crippen molar-refractivity contribution in [1.82, 2.24) is 5.32 Å². The Hall–Kier alpha value is -1.33. The zero-order valence-electron chi connectivity index (χ0n) is 12.0. The average molecular weight is 313 g/mol. The number of nitrogens with one attached hydrogen (secondary N) is 1. The highest BCUT2D eigenvalue weighted by atomic mass is 32.1. The van der Waals surface area contributed by atoms with Gasteiger partial charge in [-0.25, -0.2) is 0 Å². The van der Waals surface area contributed by atoms with E-state index in [1.807, 2.05) is 25.3 Å². The van der Waals surface area contributed by atoms with Crippen molar-refractivity contribution in [3.63, 3.8) is 0 Å². The van der Waals surface area contributed by atoms with Crippen LogP contribution < -0.4 is 5.32 Å². The van der Waals surface area contributed by atoms with E-state index in [0.717, 1.165) is 22.9 Å². The van der Waals surface area contributed by atoms with Crippen LogP contribution in [0.3, 0.4) is 0 Å². The van der Waals surface area contributed by atoms with E-state index in [2.05, 4.69) is 5.32 Å². The first-order valence-electron chi connectivity index (χ1n) is 6.88. The van der Waals surface area contributed by atoms with E-state index in [0.29, 0.717) is 12.1 Å². The number of aryl methyl sites for hydroxylation is 1. The number of hydrogen-bond donors (Lipinski definition) is 1. The third-order valence-corrected chi connectivity index (χ3v) is 4.25. The molecular weight excluding hydrogens is 295 g/mol. The van der Waals surface area contributed by atoms with E-state index in [-0.39, 0.29) is 0 Å². The molecule has 1 aromatic carbocycles. The van der Waals surface area contributed by atoms with Gasteiger partial charge in [0.25, 0.3) is 0 Å². The minimum absolute atomic E-state index is 0.292. The van der Waals surface area contributed by atoms with Crippen LogP contribution in [0.25, 0.3) is 0 Å². The highest BCUT2D eigenvalue weighted by Gasteiger charge is 2.35. The summed E-state index contributed by atoms with van der Waals surface area (Å²) in [5.41, 5.74) is 0.648. The van der Waals surface area contributed by atoms with Crippen molar-refractivity contribution in [1.29, 1.82) is 0 Å². The smallest absolute Gasteiger partial charge is 0.306 e. The van der Waals surface area contributed by atoms with Crippen molar-refractivity contribution in [3.8, 4) is 0 Å². The molecule has 1 nitrogen and oxygen atoms in total. The van der Waals surface area contributed by atoms with E-state index in [1.165, 1.54) is 6.07 Å². The second kappa shape index (κ2) is 6.62. The van der Waals surface area contributed by atoms with Crippen molar-refractivity contribution in [2.24, 2.45) is 0 Å². The number of hydrogen-bond acceptors (Lipinski definition) is 2. The Bertz CT molecular complexity index is 589. The lowest BCUT2D eigenvalue weighted by molar-refractivity contribution is -0.138. The molecule has 1 heterocycles. The Labute approximate surface area is 126 Å². The third kappa shape index (κ3) is 3.66. The molecule has 1 N–H and O–H groups in total. The predicted molar refractivity (Wildman–Crippen MR) is 80.6 cm³/mol. The van der Waals surface area contributed by atoms with Crippen LogP contribution in [0.2, 0.25) is 0 Å². The molecule has 0 radical (unpaired) electrons. The first kappa shape index (κ1) is 16.0. The van der Waals surface area contributed by atoms with Gasteiger partial charge < -0.3 is 5.32 Å². The Morgan fingerprint density at radius 3 is 2.43 bits per heavy atom. The van der Waals surface area contributed by atoms with Crippen molar-refractivity contribution >= 4 is 11.3 Å². The molecule has 2 rings (SSSR count). The fourth-order valence-corrected chi connectivity index (χ4v) is 3.12. The molecule has 0 aliphatic rings. The summed E-state index contributed by atoms with van der Waals surface area (Å²) in [5, 5.41) is 5.17. The van der Waals surface area contributed by atoms with Gasteiger partial charge in [0.15, 0.2) is 0 Å². The lowest BCUT2D eigenvalue weighted by Gasteiger charge is -2.23. The van der Waals surface area contributed by atoms with Crippen molar-refractivity contribution in [3.05, 3.63) is 57.3 Å². The van der Waals surface area contributed by atoms with Gasteiger partial charge in [-0.2, -0.15) is 13.2 Å². The van der Waals surface area contributed by atoms with E-state index >= 15 is 0 Å². The summed E-state index contributed by atoms with van der Waals surface area (Å²) in [6, 6.07) is 7.29. The lowest BCUT2D eigenvalue weighted by atomic mass is 9.94. The van der Waals surface area contributed by atoms with Gasteiger partial charge in [-0.3, -0.25) is 0 Å². The molecular formula is C16H18F3NS. The quantitative estimate of drug-likeness (QED) is 0.803. The summed E-state index contributed by atoms with van der Waals surface area (Å²) in [6.45, 7) is 4.61. The van der Waals surface area contributed by atoms with Gasteiger partial charge >= 0.3 is 6.18 Å². The monoisotopic (exact) mass is 313 g/mol. The highest BCUT2D eigenvalue weighted by Crippen LogP contribution is 2.37. The summed E-state index contributed by atoms with van der Waals surface area (Å²) < 4.78 is 39.7. The normalized spacial score (nSPS) is 13.4. The topological polar surface area (TPSA) is 12.0 Å². The molecule has 21 heavy (non-hydrogen) atoms. The number of rotatable bonds is 5. The van der Waals surface area contributed by atoms with Crippen molar-refractivity contribution in [2.75, 3.05) is 6.54 Å². The summed E-state index contributed by atoms with van der Waals surface area (Å²) in [6.07, 6.45) is -3.47. The molecule has 0 bridgehead atoms. The van der Waals surface area contributed by atoms with E-state index in [9.17, 15) is 13.2 Å². The first-order valence-corrected chi connectivity index (χ1v) is 7.76. The Morgan fingerprint density at radius 1 is 1.14 bits per heavy atom. The Morgan fingerprint density at radius 2 is 1.86 bits per heavy atom. The molecule has 0 spiro atoms. The number of thiophene rings is 1. The van der Waals surface area contributed by atoms with Gasteiger partial charge in [0.2, 0.25) is 0 Å². The molecule has 1 atom stereocenters. The fourth-order valence-electron chi connectivity index (χ4n) is 2.38. The molecule has 0 aliphatic carbocycles. The summed E-state index contributed by atoms with van der Waals surface area (Å²) in [7, 11) is 0. The zero-order chi connectivity index (χ0) is 15.5. The summed E-state index contributed by atoms with van der Waals surface area (Å²) in [5.74, 6) is 0. The summed E-state index contributed by atoms with van der Waals surface area (Å²) >= 11 is 1.55. The van der Waals surface area contributed by atoms with Gasteiger partial charge in [-0.15, -0.1) is 11.3 Å². The number of alkyl halides is 3. The van der Waals surface area contributed by atoms with Crippen LogP contribution in [0, 0.1) is 6.92 Å². The van der Waals surface area contributed by atoms with E-state index < -0.39 is 17.8 Å². The Balaban J connectivity index is 2.50. The van der Waals surface area contributed by atoms with Gasteiger partial charge in [0.1, 0.15) is 0 Å². The van der Waals surface area contributed by atoms with Gasteiger partial charge in [-0.05, 0) is 48.5 Å². The molecule has 0 saturated carbocycles. The largest absolute Gasteiger partial charge is 0.416 e. The van der Waals surface area contributed by atoms with Gasteiger partial charge in [0.05, 0.1) is 11.6 Å². The number of benzene rings is 1. The van der Waals surface area contributed by atoms with Crippen LogP contribution in [-0.4, -0.2) is 6.54 Å². The average Bonchev–Trinajstić information content (AvgIpc) is 2.85. The van der Waals surface area contributed by atoms with Gasteiger partial charge in [-0.1, -0.05) is 25.1 Å². The maximum absolute atomic E-state index is 13.2. The molecule has 1 aromatic heterocycles. The minimum Gasteiger partial charge on any atom is -0.306 e. The van der Waals surface area contributed by atoms with Crippen molar-refractivity contribution in [2.45, 2.75) is 32.5 Å².